The van der Waals surface area contributed by atoms with Gasteiger partial charge in [0.15, 0.2) is 0 Å². The Bertz CT molecular complexity index is 537. The fourth-order valence-electron chi connectivity index (χ4n) is 1.94. The van der Waals surface area contributed by atoms with Gasteiger partial charge in [-0.1, -0.05) is 24.2 Å². The van der Waals surface area contributed by atoms with Crippen molar-refractivity contribution in [3.05, 3.63) is 47.3 Å². The van der Waals surface area contributed by atoms with Crippen LogP contribution in [0, 0.1) is 6.92 Å². The van der Waals surface area contributed by atoms with Crippen LogP contribution in [-0.2, 0) is 13.0 Å². The normalized spacial score (nSPS) is 12.3. The van der Waals surface area contributed by atoms with Crippen molar-refractivity contribution in [3.8, 4) is 5.75 Å². The molecule has 1 unspecified atom stereocenters. The minimum atomic E-state index is -0.566. The molecular formula is C16H22N2O3. The molecule has 5 heteroatoms. The molecule has 0 aliphatic heterocycles. The molecular weight excluding hydrogens is 268 g/mol. The van der Waals surface area contributed by atoms with Crippen LogP contribution in [0.5, 0.6) is 5.75 Å². The Morgan fingerprint density at radius 3 is 2.71 bits per heavy atom. The Labute approximate surface area is 124 Å². The van der Waals surface area contributed by atoms with E-state index in [1.807, 2.05) is 37.3 Å². The van der Waals surface area contributed by atoms with Gasteiger partial charge in [-0.25, -0.2) is 0 Å². The van der Waals surface area contributed by atoms with Crippen LogP contribution in [-0.4, -0.2) is 29.5 Å². The summed E-state index contributed by atoms with van der Waals surface area (Å²) >= 11 is 0. The van der Waals surface area contributed by atoms with E-state index in [1.54, 1.807) is 0 Å². The molecule has 0 aliphatic rings. The molecule has 0 bridgehead atoms. The van der Waals surface area contributed by atoms with E-state index in [4.69, 9.17) is 9.26 Å². The van der Waals surface area contributed by atoms with Crippen LogP contribution in [0.1, 0.15) is 23.9 Å². The van der Waals surface area contributed by atoms with Crippen LogP contribution in [0.3, 0.4) is 0 Å². The third kappa shape index (κ3) is 5.21. The fourth-order valence-corrected chi connectivity index (χ4v) is 1.94. The average molecular weight is 290 g/mol. The highest BCUT2D eigenvalue weighted by Gasteiger charge is 2.06. The first-order chi connectivity index (χ1) is 10.2. The zero-order chi connectivity index (χ0) is 15.1. The van der Waals surface area contributed by atoms with Crippen molar-refractivity contribution in [1.82, 2.24) is 10.5 Å². The average Bonchev–Trinajstić information content (AvgIpc) is 2.91. The molecule has 0 radical (unpaired) electrons. The largest absolute Gasteiger partial charge is 0.491 e. The summed E-state index contributed by atoms with van der Waals surface area (Å²) in [7, 11) is 0. The monoisotopic (exact) mass is 290 g/mol. The molecule has 114 valence electrons. The number of hydrogen-bond acceptors (Lipinski definition) is 5. The molecule has 0 saturated carbocycles. The highest BCUT2D eigenvalue weighted by Crippen LogP contribution is 2.12. The lowest BCUT2D eigenvalue weighted by Crippen LogP contribution is -2.31. The standard InChI is InChI=1S/C16H22N2O3/c1-3-13-4-6-16(7-5-13)20-11-15(19)10-17-9-14-8-12(2)21-18-14/h4-8,15,17,19H,3,9-11H2,1-2H3. The number of aliphatic hydroxyl groups excluding tert-OH is 1. The second kappa shape index (κ2) is 7.81. The topological polar surface area (TPSA) is 67.5 Å². The maximum atomic E-state index is 9.86. The minimum Gasteiger partial charge on any atom is -0.491 e. The van der Waals surface area contributed by atoms with Gasteiger partial charge in [-0.15, -0.1) is 0 Å². The Hall–Kier alpha value is -1.85. The van der Waals surface area contributed by atoms with Crippen LogP contribution < -0.4 is 10.1 Å². The summed E-state index contributed by atoms with van der Waals surface area (Å²) in [6.07, 6.45) is 0.442. The van der Waals surface area contributed by atoms with Crippen molar-refractivity contribution in [2.45, 2.75) is 32.9 Å². The van der Waals surface area contributed by atoms with Gasteiger partial charge in [0.05, 0.1) is 5.69 Å². The summed E-state index contributed by atoms with van der Waals surface area (Å²) in [5.74, 6) is 1.56. The molecule has 2 rings (SSSR count). The van der Waals surface area contributed by atoms with E-state index in [2.05, 4.69) is 17.4 Å². The summed E-state index contributed by atoms with van der Waals surface area (Å²) in [5.41, 5.74) is 2.10. The molecule has 1 aromatic carbocycles. The smallest absolute Gasteiger partial charge is 0.133 e. The van der Waals surface area contributed by atoms with Crippen LogP contribution in [0.4, 0.5) is 0 Å². The molecule has 21 heavy (non-hydrogen) atoms. The lowest BCUT2D eigenvalue weighted by Gasteiger charge is -2.13. The quantitative estimate of drug-likeness (QED) is 0.779. The van der Waals surface area contributed by atoms with Crippen LogP contribution >= 0.6 is 0 Å². The Balaban J connectivity index is 1.65. The van der Waals surface area contributed by atoms with Gasteiger partial charge in [0, 0.05) is 19.2 Å². The van der Waals surface area contributed by atoms with Crippen molar-refractivity contribution in [2.24, 2.45) is 0 Å². The summed E-state index contributed by atoms with van der Waals surface area (Å²) < 4.78 is 10.5. The van der Waals surface area contributed by atoms with Gasteiger partial charge < -0.3 is 19.7 Å². The predicted molar refractivity (Wildman–Crippen MR) is 80.3 cm³/mol. The number of aliphatic hydroxyl groups is 1. The molecule has 0 amide bonds. The maximum Gasteiger partial charge on any atom is 0.133 e. The molecule has 5 nitrogen and oxygen atoms in total. The first-order valence-electron chi connectivity index (χ1n) is 7.20. The van der Waals surface area contributed by atoms with Gasteiger partial charge in [0.2, 0.25) is 0 Å². The maximum absolute atomic E-state index is 9.86. The number of aromatic nitrogens is 1. The minimum absolute atomic E-state index is 0.260. The third-order valence-electron chi connectivity index (χ3n) is 3.14. The van der Waals surface area contributed by atoms with E-state index >= 15 is 0 Å². The van der Waals surface area contributed by atoms with Crippen molar-refractivity contribution < 1.29 is 14.4 Å². The molecule has 1 atom stereocenters. The van der Waals surface area contributed by atoms with Crippen LogP contribution in [0.2, 0.25) is 0 Å². The highest BCUT2D eigenvalue weighted by atomic mass is 16.5. The SMILES string of the molecule is CCc1ccc(OCC(O)CNCc2cc(C)on2)cc1. The van der Waals surface area contributed by atoms with Crippen molar-refractivity contribution in [1.29, 1.82) is 0 Å². The molecule has 0 saturated heterocycles. The predicted octanol–water partition coefficient (Wildman–Crippen LogP) is 2.07. The van der Waals surface area contributed by atoms with Gasteiger partial charge in [0.25, 0.3) is 0 Å². The number of aryl methyl sites for hydroxylation is 2. The van der Waals surface area contributed by atoms with Crippen LogP contribution in [0.15, 0.2) is 34.9 Å². The zero-order valence-corrected chi connectivity index (χ0v) is 12.5. The van der Waals surface area contributed by atoms with Gasteiger partial charge in [0.1, 0.15) is 24.2 Å². The third-order valence-corrected chi connectivity index (χ3v) is 3.14. The fraction of sp³-hybridized carbons (Fsp3) is 0.438. The van der Waals surface area contributed by atoms with E-state index in [9.17, 15) is 5.11 Å². The Kier molecular flexibility index (Phi) is 5.78. The number of hydrogen-bond donors (Lipinski definition) is 2. The van der Waals surface area contributed by atoms with E-state index in [1.165, 1.54) is 5.56 Å². The second-order valence-corrected chi connectivity index (χ2v) is 5.02. The molecule has 0 aliphatic carbocycles. The number of nitrogens with one attached hydrogen (secondary N) is 1. The van der Waals surface area contributed by atoms with E-state index in [0.717, 1.165) is 23.6 Å². The zero-order valence-electron chi connectivity index (χ0n) is 12.5. The lowest BCUT2D eigenvalue weighted by atomic mass is 10.2. The number of benzene rings is 1. The molecule has 1 heterocycles. The lowest BCUT2D eigenvalue weighted by molar-refractivity contribution is 0.106. The van der Waals surface area contributed by atoms with Crippen molar-refractivity contribution in [2.75, 3.05) is 13.2 Å². The number of nitrogens with zero attached hydrogens (tertiary/aromatic N) is 1. The van der Waals surface area contributed by atoms with Crippen molar-refractivity contribution >= 4 is 0 Å². The van der Waals surface area contributed by atoms with Gasteiger partial charge in [-0.05, 0) is 31.0 Å². The van der Waals surface area contributed by atoms with E-state index in [-0.39, 0.29) is 6.61 Å². The summed E-state index contributed by atoms with van der Waals surface area (Å²) in [5, 5.41) is 16.9. The van der Waals surface area contributed by atoms with E-state index < -0.39 is 6.10 Å². The van der Waals surface area contributed by atoms with E-state index in [0.29, 0.717) is 13.1 Å². The first kappa shape index (κ1) is 15.5. The Morgan fingerprint density at radius 2 is 2.10 bits per heavy atom. The molecule has 1 aromatic heterocycles. The Morgan fingerprint density at radius 1 is 1.33 bits per heavy atom. The highest BCUT2D eigenvalue weighted by molar-refractivity contribution is 5.27. The second-order valence-electron chi connectivity index (χ2n) is 5.02. The summed E-state index contributed by atoms with van der Waals surface area (Å²) in [4.78, 5) is 0. The van der Waals surface area contributed by atoms with Gasteiger partial charge in [-0.2, -0.15) is 0 Å². The van der Waals surface area contributed by atoms with Crippen molar-refractivity contribution in [3.63, 3.8) is 0 Å². The van der Waals surface area contributed by atoms with Crippen LogP contribution in [0.25, 0.3) is 0 Å². The molecule has 2 N–H and O–H groups in total. The molecule has 0 fully saturated rings. The molecule has 2 aromatic rings. The number of ether oxygens (including phenoxy) is 1. The van der Waals surface area contributed by atoms with Gasteiger partial charge in [-0.3, -0.25) is 0 Å². The van der Waals surface area contributed by atoms with Gasteiger partial charge >= 0.3 is 0 Å². The summed E-state index contributed by atoms with van der Waals surface area (Å²) in [6, 6.07) is 9.79. The summed E-state index contributed by atoms with van der Waals surface area (Å²) in [6.45, 7) is 5.24. The number of rotatable bonds is 8. The first-order valence-corrected chi connectivity index (χ1v) is 7.20. The molecule has 0 spiro atoms.